The van der Waals surface area contributed by atoms with Crippen molar-refractivity contribution in [1.82, 2.24) is 38.6 Å². The van der Waals surface area contributed by atoms with Crippen molar-refractivity contribution in [3.63, 3.8) is 0 Å². The van der Waals surface area contributed by atoms with Crippen LogP contribution in [-0.2, 0) is 23.2 Å². The summed E-state index contributed by atoms with van der Waals surface area (Å²) in [7, 11) is 6.02. The number of fused-ring (bicyclic) bond motifs is 2. The van der Waals surface area contributed by atoms with E-state index >= 15 is 0 Å². The summed E-state index contributed by atoms with van der Waals surface area (Å²) >= 11 is 0. The quantitative estimate of drug-likeness (QED) is 0.149. The monoisotopic (exact) mass is 827 g/mol. The zero-order chi connectivity index (χ0) is 42.7. The molecule has 16 heteroatoms. The summed E-state index contributed by atoms with van der Waals surface area (Å²) in [6.45, 7) is 6.74. The number of carbonyl (C=O) groups excluding carboxylic acids is 3. The van der Waals surface area contributed by atoms with E-state index in [2.05, 4.69) is 45.6 Å². The molecular weight excluding hydrogens is 773 g/mol. The van der Waals surface area contributed by atoms with E-state index in [4.69, 9.17) is 9.72 Å². The number of rotatable bonds is 10. The molecule has 1 atom stereocenters. The second-order valence-corrected chi connectivity index (χ2v) is 16.7. The number of nitrogens with one attached hydrogen (secondary N) is 2. The van der Waals surface area contributed by atoms with E-state index in [1.165, 1.54) is 54.9 Å². The predicted octanol–water partition coefficient (Wildman–Crippen LogP) is 6.60. The van der Waals surface area contributed by atoms with Crippen LogP contribution < -0.4 is 21.1 Å². The van der Waals surface area contributed by atoms with Crippen molar-refractivity contribution in [2.45, 2.75) is 109 Å². The first-order valence-corrected chi connectivity index (χ1v) is 20.9. The molecule has 2 N–H and O–H groups in total. The van der Waals surface area contributed by atoms with Crippen molar-refractivity contribution in [3.05, 3.63) is 87.9 Å². The van der Waals surface area contributed by atoms with Gasteiger partial charge in [-0.15, -0.1) is 0 Å². The second-order valence-electron chi connectivity index (χ2n) is 16.7. The number of carbonyl (C=O) groups is 3. The first kappa shape index (κ1) is 42.6. The SMILES string of the molecule is CC(C)Oc1cc2nc(C3CCCCC3)cn2cc1C(=O)Nc1cccc(C(F)F)n1.CN(C)C1CCN(Cc2ccc3c(c2)n(C)c(=O)n3C2CCC(=O)NC2=O)CC1. The summed E-state index contributed by atoms with van der Waals surface area (Å²) in [5, 5.41) is 4.95. The molecule has 14 nitrogen and oxygen atoms in total. The zero-order valence-corrected chi connectivity index (χ0v) is 35.0. The van der Waals surface area contributed by atoms with E-state index in [-0.39, 0.29) is 35.5 Å². The van der Waals surface area contributed by atoms with Crippen molar-refractivity contribution in [2.75, 3.05) is 32.5 Å². The number of pyridine rings is 2. The minimum Gasteiger partial charge on any atom is -0.490 e. The maximum atomic E-state index is 13.0. The third-order valence-corrected chi connectivity index (χ3v) is 11.8. The number of likely N-dealkylation sites (tertiary alicyclic amines) is 1. The van der Waals surface area contributed by atoms with E-state index in [9.17, 15) is 28.0 Å². The molecule has 1 aliphatic carbocycles. The average molecular weight is 828 g/mol. The third kappa shape index (κ3) is 9.60. The van der Waals surface area contributed by atoms with Gasteiger partial charge in [0.1, 0.15) is 29.0 Å². The molecule has 2 aliphatic heterocycles. The first-order chi connectivity index (χ1) is 28.7. The highest BCUT2D eigenvalue weighted by atomic mass is 19.3. The van der Waals surface area contributed by atoms with Gasteiger partial charge in [0, 0.05) is 50.4 Å². The number of alkyl halides is 2. The van der Waals surface area contributed by atoms with Crippen molar-refractivity contribution in [2.24, 2.45) is 7.05 Å². The Morgan fingerprint density at radius 2 is 1.70 bits per heavy atom. The van der Waals surface area contributed by atoms with Crippen LogP contribution in [0.4, 0.5) is 14.6 Å². The lowest BCUT2D eigenvalue weighted by Crippen LogP contribution is -2.44. The van der Waals surface area contributed by atoms with Gasteiger partial charge in [-0.2, -0.15) is 0 Å². The van der Waals surface area contributed by atoms with Gasteiger partial charge in [0.25, 0.3) is 12.3 Å². The Morgan fingerprint density at radius 3 is 2.38 bits per heavy atom. The minimum atomic E-state index is -2.71. The number of hydrogen-bond donors (Lipinski definition) is 2. The Labute approximate surface area is 347 Å². The molecular formula is C44H55F2N9O5. The number of piperidine rings is 2. The summed E-state index contributed by atoms with van der Waals surface area (Å²) in [6.07, 6.45) is 9.65. The lowest BCUT2D eigenvalue weighted by atomic mass is 9.87. The van der Waals surface area contributed by atoms with Gasteiger partial charge < -0.3 is 19.4 Å². The Kier molecular flexibility index (Phi) is 13.1. The number of aryl methyl sites for hydroxylation is 1. The smallest absolute Gasteiger partial charge is 0.329 e. The van der Waals surface area contributed by atoms with Gasteiger partial charge in [-0.3, -0.25) is 33.7 Å². The first-order valence-electron chi connectivity index (χ1n) is 20.9. The van der Waals surface area contributed by atoms with Crippen LogP contribution in [0.3, 0.4) is 0 Å². The van der Waals surface area contributed by atoms with Crippen molar-refractivity contribution in [3.8, 4) is 5.75 Å². The molecule has 4 aromatic heterocycles. The molecule has 8 rings (SSSR count). The molecule has 320 valence electrons. The summed E-state index contributed by atoms with van der Waals surface area (Å²) < 4.78 is 36.7. The van der Waals surface area contributed by atoms with Crippen LogP contribution in [0.2, 0.25) is 0 Å². The number of anilines is 1. The number of imidazole rings is 2. The van der Waals surface area contributed by atoms with E-state index in [1.807, 2.05) is 36.6 Å². The number of ether oxygens (including phenoxy) is 1. The largest absolute Gasteiger partial charge is 0.490 e. The molecule has 1 aromatic carbocycles. The molecule has 0 spiro atoms. The number of halogens is 2. The lowest BCUT2D eigenvalue weighted by molar-refractivity contribution is -0.135. The van der Waals surface area contributed by atoms with Gasteiger partial charge in [0.2, 0.25) is 11.8 Å². The van der Waals surface area contributed by atoms with Crippen LogP contribution in [0.5, 0.6) is 5.75 Å². The van der Waals surface area contributed by atoms with Gasteiger partial charge in [0.05, 0.1) is 28.4 Å². The van der Waals surface area contributed by atoms with Crippen molar-refractivity contribution in [1.29, 1.82) is 0 Å². The molecule has 1 saturated carbocycles. The molecule has 2 saturated heterocycles. The van der Waals surface area contributed by atoms with E-state index in [1.54, 1.807) is 23.9 Å². The standard InChI is InChI=1S/C23H26F2N4O2.C21H29N5O3/c1-14(2)31-19-11-21-27-18(15-7-4-3-5-8-15)13-29(21)12-16(19)23(30)28-20-10-6-9-17(26-20)22(24)25;1-23(2)15-8-10-25(11-9-15)13-14-4-5-16-18(12-14)24(3)21(29)26(16)17-6-7-19(27)22-20(17)28/h6,9-15,22H,3-5,7-8H2,1-2H3,(H,26,28,30);4-5,12,15,17H,6-11,13H2,1-3H3,(H,22,27,28). The lowest BCUT2D eigenvalue weighted by Gasteiger charge is -2.35. The van der Waals surface area contributed by atoms with Gasteiger partial charge in [-0.25, -0.2) is 23.5 Å². The van der Waals surface area contributed by atoms with E-state index in [0.717, 1.165) is 54.8 Å². The van der Waals surface area contributed by atoms with Crippen molar-refractivity contribution < 1.29 is 27.9 Å². The molecule has 3 aliphatic rings. The Hall–Kier alpha value is -5.48. The highest BCUT2D eigenvalue weighted by molar-refractivity contribution is 6.06. The highest BCUT2D eigenvalue weighted by Crippen LogP contribution is 2.33. The minimum absolute atomic E-state index is 0.0620. The topological polar surface area (TPSA) is 148 Å². The molecule has 3 amide bonds. The van der Waals surface area contributed by atoms with Crippen LogP contribution in [0, 0.1) is 0 Å². The number of nitrogens with zero attached hydrogens (tertiary/aromatic N) is 7. The number of hydrogen-bond acceptors (Lipinski definition) is 9. The fourth-order valence-corrected chi connectivity index (χ4v) is 8.57. The van der Waals surface area contributed by atoms with Crippen LogP contribution >= 0.6 is 0 Å². The Bertz CT molecular complexity index is 2410. The summed E-state index contributed by atoms with van der Waals surface area (Å²) in [5.74, 6) is -0.271. The van der Waals surface area contributed by atoms with Crippen LogP contribution in [0.15, 0.2) is 59.7 Å². The predicted molar refractivity (Wildman–Crippen MR) is 225 cm³/mol. The second kappa shape index (κ2) is 18.4. The van der Waals surface area contributed by atoms with E-state index in [0.29, 0.717) is 29.8 Å². The van der Waals surface area contributed by atoms with Gasteiger partial charge in [-0.1, -0.05) is 31.4 Å². The maximum Gasteiger partial charge on any atom is 0.329 e. The van der Waals surface area contributed by atoms with E-state index < -0.39 is 30.0 Å². The van der Waals surface area contributed by atoms with Gasteiger partial charge >= 0.3 is 5.69 Å². The Balaban J connectivity index is 0.000000182. The number of aromatic nitrogens is 5. The molecule has 1 unspecified atom stereocenters. The summed E-state index contributed by atoms with van der Waals surface area (Å²) in [4.78, 5) is 63.0. The highest BCUT2D eigenvalue weighted by Gasteiger charge is 2.31. The normalized spacial score (nSPS) is 18.3. The molecule has 3 fully saturated rings. The summed E-state index contributed by atoms with van der Waals surface area (Å²) in [6, 6.07) is 11.9. The molecule has 0 bridgehead atoms. The number of imide groups is 1. The maximum absolute atomic E-state index is 13.0. The number of amides is 3. The fourth-order valence-electron chi connectivity index (χ4n) is 8.57. The summed E-state index contributed by atoms with van der Waals surface area (Å²) in [5.41, 5.74) is 4.14. The fraction of sp³-hybridized carbons (Fsp3) is 0.500. The van der Waals surface area contributed by atoms with Crippen LogP contribution in [-0.4, -0.2) is 90.4 Å². The van der Waals surface area contributed by atoms with Gasteiger partial charge in [-0.05, 0) is 103 Å². The molecule has 0 radical (unpaired) electrons. The molecule has 6 heterocycles. The number of benzene rings is 1. The van der Waals surface area contributed by atoms with Crippen LogP contribution in [0.1, 0.15) is 117 Å². The van der Waals surface area contributed by atoms with Crippen LogP contribution in [0.25, 0.3) is 16.7 Å². The van der Waals surface area contributed by atoms with Gasteiger partial charge in [0.15, 0.2) is 0 Å². The zero-order valence-electron chi connectivity index (χ0n) is 35.0. The average Bonchev–Trinajstić information content (AvgIpc) is 3.75. The Morgan fingerprint density at radius 1 is 0.950 bits per heavy atom. The molecule has 5 aromatic rings. The van der Waals surface area contributed by atoms with Crippen molar-refractivity contribution >= 4 is 40.2 Å². The third-order valence-electron chi connectivity index (χ3n) is 11.8. The molecule has 60 heavy (non-hydrogen) atoms.